The number of carbonyl (C=O) groups is 1. The van der Waals surface area contributed by atoms with E-state index in [0.717, 1.165) is 18.3 Å². The Bertz CT molecular complexity index is 886. The van der Waals surface area contributed by atoms with E-state index >= 15 is 0 Å². The Kier molecular flexibility index (Phi) is 9.59. The van der Waals surface area contributed by atoms with Crippen LogP contribution in [0.15, 0.2) is 36.4 Å². The highest BCUT2D eigenvalue weighted by atomic mass is 19.1. The van der Waals surface area contributed by atoms with Crippen molar-refractivity contribution >= 4 is 5.97 Å². The Morgan fingerprint density at radius 3 is 2.18 bits per heavy atom. The Morgan fingerprint density at radius 2 is 1.61 bits per heavy atom. The number of hydrogen-bond donors (Lipinski definition) is 1. The van der Waals surface area contributed by atoms with Crippen LogP contribution in [-0.2, 0) is 0 Å². The highest BCUT2D eigenvalue weighted by Crippen LogP contribution is 2.35. The van der Waals surface area contributed by atoms with Gasteiger partial charge in [0.2, 0.25) is 0 Å². The second kappa shape index (κ2) is 12.6. The van der Waals surface area contributed by atoms with Gasteiger partial charge in [-0.15, -0.1) is 0 Å². The number of rotatable bonds is 12. The fourth-order valence-corrected chi connectivity index (χ4v) is 4.95. The average molecular weight is 457 g/mol. The molecule has 0 bridgehead atoms. The van der Waals surface area contributed by atoms with E-state index in [2.05, 4.69) is 6.92 Å². The molecule has 1 N–H and O–H groups in total. The third-order valence-corrected chi connectivity index (χ3v) is 6.91. The van der Waals surface area contributed by atoms with Crippen molar-refractivity contribution in [1.82, 2.24) is 0 Å². The van der Waals surface area contributed by atoms with Crippen LogP contribution in [0, 0.1) is 17.7 Å². The van der Waals surface area contributed by atoms with Crippen molar-refractivity contribution in [2.45, 2.75) is 71.1 Å². The first-order valence-corrected chi connectivity index (χ1v) is 12.4. The Labute approximate surface area is 197 Å². The van der Waals surface area contributed by atoms with Crippen LogP contribution >= 0.6 is 0 Å². The lowest BCUT2D eigenvalue weighted by atomic mass is 9.78. The maximum Gasteiger partial charge on any atom is 0.336 e. The van der Waals surface area contributed by atoms with Crippen LogP contribution in [0.5, 0.6) is 11.5 Å². The molecule has 0 saturated heterocycles. The lowest BCUT2D eigenvalue weighted by Gasteiger charge is -2.28. The molecule has 0 aromatic heterocycles. The van der Waals surface area contributed by atoms with Crippen LogP contribution in [-0.4, -0.2) is 24.8 Å². The monoisotopic (exact) mass is 456 g/mol. The second-order valence-electron chi connectivity index (χ2n) is 9.21. The lowest BCUT2D eigenvalue weighted by molar-refractivity contribution is 0.0697. The first-order valence-electron chi connectivity index (χ1n) is 12.4. The summed E-state index contributed by atoms with van der Waals surface area (Å²) in [6.07, 6.45) is 13.2. The van der Waals surface area contributed by atoms with Crippen LogP contribution in [0.1, 0.15) is 81.5 Å². The fourth-order valence-electron chi connectivity index (χ4n) is 4.95. The molecule has 0 amide bonds. The molecule has 0 unspecified atom stereocenters. The Morgan fingerprint density at radius 1 is 0.970 bits per heavy atom. The van der Waals surface area contributed by atoms with Gasteiger partial charge in [0, 0.05) is 5.56 Å². The minimum Gasteiger partial charge on any atom is -0.494 e. The van der Waals surface area contributed by atoms with Gasteiger partial charge in [0.05, 0.1) is 19.3 Å². The highest BCUT2D eigenvalue weighted by molar-refractivity contribution is 5.96. The number of unbranched alkanes of at least 4 members (excludes halogenated alkanes) is 2. The smallest absolute Gasteiger partial charge is 0.336 e. The topological polar surface area (TPSA) is 55.8 Å². The molecule has 180 valence electrons. The maximum atomic E-state index is 14.8. The van der Waals surface area contributed by atoms with E-state index in [1.807, 2.05) is 0 Å². The summed E-state index contributed by atoms with van der Waals surface area (Å²) >= 11 is 0. The van der Waals surface area contributed by atoms with Crippen LogP contribution < -0.4 is 9.47 Å². The SMILES string of the molecule is CCCCCC1CCC(CCCOc2ccc(-c3c(C(=O)O)ccc(OC)c3F)cc2)CC1. The van der Waals surface area contributed by atoms with Crippen molar-refractivity contribution in [3.63, 3.8) is 0 Å². The van der Waals surface area contributed by atoms with Gasteiger partial charge in [-0.25, -0.2) is 9.18 Å². The molecule has 33 heavy (non-hydrogen) atoms. The van der Waals surface area contributed by atoms with E-state index < -0.39 is 11.8 Å². The molecule has 2 aromatic carbocycles. The van der Waals surface area contributed by atoms with E-state index in [-0.39, 0.29) is 16.9 Å². The van der Waals surface area contributed by atoms with Gasteiger partial charge in [0.25, 0.3) is 0 Å². The van der Waals surface area contributed by atoms with Crippen molar-refractivity contribution in [2.24, 2.45) is 11.8 Å². The van der Waals surface area contributed by atoms with Crippen molar-refractivity contribution in [2.75, 3.05) is 13.7 Å². The number of benzene rings is 2. The molecule has 0 radical (unpaired) electrons. The number of ether oxygens (including phenoxy) is 2. The van der Waals surface area contributed by atoms with Crippen molar-refractivity contribution in [3.8, 4) is 22.6 Å². The number of carboxylic acid groups (broad SMARTS) is 1. The lowest BCUT2D eigenvalue weighted by Crippen LogP contribution is -2.15. The fraction of sp³-hybridized carbons (Fsp3) is 0.536. The Balaban J connectivity index is 1.47. The van der Waals surface area contributed by atoms with Crippen molar-refractivity contribution in [3.05, 3.63) is 47.8 Å². The van der Waals surface area contributed by atoms with Crippen LogP contribution in [0.25, 0.3) is 11.1 Å². The summed E-state index contributed by atoms with van der Waals surface area (Å²) in [4.78, 5) is 11.6. The van der Waals surface area contributed by atoms with Crippen LogP contribution in [0.2, 0.25) is 0 Å². The summed E-state index contributed by atoms with van der Waals surface area (Å²) < 4.78 is 25.7. The van der Waals surface area contributed by atoms with Gasteiger partial charge in [0.1, 0.15) is 5.75 Å². The molecule has 3 rings (SSSR count). The molecule has 0 heterocycles. The average Bonchev–Trinajstić information content (AvgIpc) is 2.83. The summed E-state index contributed by atoms with van der Waals surface area (Å²) in [6.45, 7) is 2.92. The minimum absolute atomic E-state index is 0.0188. The predicted molar refractivity (Wildman–Crippen MR) is 130 cm³/mol. The van der Waals surface area contributed by atoms with E-state index in [4.69, 9.17) is 9.47 Å². The minimum atomic E-state index is -1.18. The zero-order valence-electron chi connectivity index (χ0n) is 19.9. The first kappa shape index (κ1) is 25.1. The quantitative estimate of drug-likeness (QED) is 0.332. The molecule has 4 nitrogen and oxygen atoms in total. The van der Waals surface area contributed by atoms with Gasteiger partial charge in [-0.2, -0.15) is 0 Å². The standard InChI is InChI=1S/C28H37FO4/c1-3-4-5-7-20-9-11-21(12-10-20)8-6-19-33-23-15-13-22(14-16-23)26-24(28(30)31)17-18-25(32-2)27(26)29/h13-18,20-21H,3-12,19H2,1-2H3,(H,30,31). The van der Waals surface area contributed by atoms with E-state index in [1.54, 1.807) is 24.3 Å². The normalized spacial score (nSPS) is 18.2. The number of carboxylic acids is 1. The van der Waals surface area contributed by atoms with Gasteiger partial charge in [-0.05, 0) is 54.5 Å². The molecule has 1 saturated carbocycles. The van der Waals surface area contributed by atoms with Crippen molar-refractivity contribution in [1.29, 1.82) is 0 Å². The zero-order chi connectivity index (χ0) is 23.6. The molecule has 2 aromatic rings. The number of halogens is 1. The molecule has 1 fully saturated rings. The summed E-state index contributed by atoms with van der Waals surface area (Å²) in [5, 5.41) is 9.45. The molecule has 5 heteroatoms. The first-order chi connectivity index (χ1) is 16.0. The zero-order valence-corrected chi connectivity index (χ0v) is 19.9. The molecule has 0 atom stereocenters. The largest absolute Gasteiger partial charge is 0.494 e. The van der Waals surface area contributed by atoms with Gasteiger partial charge in [-0.1, -0.05) is 70.4 Å². The van der Waals surface area contributed by atoms with E-state index in [0.29, 0.717) is 17.9 Å². The number of aromatic carboxylic acids is 1. The van der Waals surface area contributed by atoms with Gasteiger partial charge < -0.3 is 14.6 Å². The third kappa shape index (κ3) is 6.96. The summed E-state index contributed by atoms with van der Waals surface area (Å²) in [5.74, 6) is 0.638. The van der Waals surface area contributed by atoms with E-state index in [1.165, 1.54) is 77.0 Å². The molecule has 1 aliphatic rings. The van der Waals surface area contributed by atoms with Crippen molar-refractivity contribution < 1.29 is 23.8 Å². The van der Waals surface area contributed by atoms with Crippen LogP contribution in [0.4, 0.5) is 4.39 Å². The predicted octanol–water partition coefficient (Wildman–Crippen LogP) is 7.75. The molecular formula is C28H37FO4. The third-order valence-electron chi connectivity index (χ3n) is 6.91. The van der Waals surface area contributed by atoms with Gasteiger partial charge in [-0.3, -0.25) is 0 Å². The highest BCUT2D eigenvalue weighted by Gasteiger charge is 2.21. The van der Waals surface area contributed by atoms with Gasteiger partial charge >= 0.3 is 5.97 Å². The second-order valence-corrected chi connectivity index (χ2v) is 9.21. The van der Waals surface area contributed by atoms with Crippen LogP contribution in [0.3, 0.4) is 0 Å². The summed E-state index contributed by atoms with van der Waals surface area (Å²) in [6, 6.07) is 9.61. The molecular weight excluding hydrogens is 419 g/mol. The van der Waals surface area contributed by atoms with E-state index in [9.17, 15) is 14.3 Å². The number of hydrogen-bond acceptors (Lipinski definition) is 3. The molecule has 0 spiro atoms. The summed E-state index contributed by atoms with van der Waals surface area (Å²) in [5.41, 5.74) is 0.410. The Hall–Kier alpha value is -2.56. The maximum absolute atomic E-state index is 14.8. The molecule has 0 aliphatic heterocycles. The molecule has 1 aliphatic carbocycles. The van der Waals surface area contributed by atoms with Gasteiger partial charge in [0.15, 0.2) is 11.6 Å². The summed E-state index contributed by atoms with van der Waals surface area (Å²) in [7, 11) is 1.36. The number of methoxy groups -OCH3 is 1.